The molecule has 0 spiro atoms. The summed E-state index contributed by atoms with van der Waals surface area (Å²) in [6, 6.07) is 1.51. The maximum Gasteiger partial charge on any atom is 0.337 e. The van der Waals surface area contributed by atoms with Gasteiger partial charge in [0.15, 0.2) is 0 Å². The van der Waals surface area contributed by atoms with E-state index in [1.807, 2.05) is 13.8 Å². The fourth-order valence-corrected chi connectivity index (χ4v) is 1.74. The Hall–Kier alpha value is -1.71. The van der Waals surface area contributed by atoms with Crippen LogP contribution in [0.15, 0.2) is 15.3 Å². The third kappa shape index (κ3) is 1.63. The maximum absolute atomic E-state index is 11.3. The Balaban J connectivity index is 2.96. The molecule has 0 aliphatic carbocycles. The van der Waals surface area contributed by atoms with E-state index in [4.69, 9.17) is 4.42 Å². The van der Waals surface area contributed by atoms with Crippen LogP contribution in [-0.2, 0) is 6.42 Å². The number of nitrogens with zero attached hydrogens (tertiary/aromatic N) is 2. The van der Waals surface area contributed by atoms with Crippen molar-refractivity contribution in [3.05, 3.63) is 33.6 Å². The van der Waals surface area contributed by atoms with Gasteiger partial charge in [-0.1, -0.05) is 6.92 Å². The quantitative estimate of drug-likeness (QED) is 0.710. The van der Waals surface area contributed by atoms with Crippen molar-refractivity contribution in [1.82, 2.24) is 9.97 Å². The minimum absolute atomic E-state index is 0.350. The van der Waals surface area contributed by atoms with Crippen molar-refractivity contribution < 1.29 is 4.42 Å². The van der Waals surface area contributed by atoms with Gasteiger partial charge in [-0.3, -0.25) is 0 Å². The molecule has 0 unspecified atom stereocenters. The zero-order chi connectivity index (χ0) is 11.0. The van der Waals surface area contributed by atoms with Gasteiger partial charge in [-0.05, 0) is 25.8 Å². The Kier molecular flexibility index (Phi) is 2.26. The van der Waals surface area contributed by atoms with Crippen LogP contribution in [0.3, 0.4) is 0 Å². The van der Waals surface area contributed by atoms with Crippen LogP contribution < -0.4 is 5.63 Å². The Bertz CT molecular complexity index is 573. The number of aryl methyl sites for hydroxylation is 3. The maximum atomic E-state index is 11.3. The van der Waals surface area contributed by atoms with Gasteiger partial charge in [-0.15, -0.1) is 0 Å². The van der Waals surface area contributed by atoms with E-state index in [-0.39, 0.29) is 5.63 Å². The predicted octanol–water partition coefficient (Wildman–Crippen LogP) is 1.76. The van der Waals surface area contributed by atoms with E-state index in [1.54, 1.807) is 6.92 Å². The van der Waals surface area contributed by atoms with Gasteiger partial charge >= 0.3 is 5.63 Å². The summed E-state index contributed by atoms with van der Waals surface area (Å²) in [7, 11) is 0. The number of hydrogen-bond donors (Lipinski definition) is 0. The lowest BCUT2D eigenvalue weighted by molar-refractivity contribution is 0.545. The van der Waals surface area contributed by atoms with Crippen LogP contribution in [0.1, 0.15) is 24.0 Å². The minimum atomic E-state index is -0.350. The lowest BCUT2D eigenvalue weighted by Crippen LogP contribution is -2.04. The summed E-state index contributed by atoms with van der Waals surface area (Å²) in [6.07, 6.45) is 0.773. The molecule has 2 aromatic heterocycles. The molecule has 0 atom stereocenters. The molecule has 0 amide bonds. The largest absolute Gasteiger partial charge is 0.403 e. The van der Waals surface area contributed by atoms with Crippen molar-refractivity contribution in [2.24, 2.45) is 0 Å². The molecule has 2 heterocycles. The third-order valence-corrected chi connectivity index (χ3v) is 2.36. The zero-order valence-electron chi connectivity index (χ0n) is 9.00. The first-order valence-electron chi connectivity index (χ1n) is 4.89. The summed E-state index contributed by atoms with van der Waals surface area (Å²) in [5.41, 5.74) is 1.85. The highest BCUT2D eigenvalue weighted by atomic mass is 16.4. The van der Waals surface area contributed by atoms with Gasteiger partial charge in [0.25, 0.3) is 0 Å². The lowest BCUT2D eigenvalue weighted by atomic mass is 10.1. The van der Waals surface area contributed by atoms with E-state index < -0.39 is 0 Å². The van der Waals surface area contributed by atoms with Crippen LogP contribution in [0.4, 0.5) is 0 Å². The lowest BCUT2D eigenvalue weighted by Gasteiger charge is -2.05. The number of hydrogen-bond acceptors (Lipinski definition) is 4. The first-order chi connectivity index (χ1) is 7.11. The highest BCUT2D eigenvalue weighted by Crippen LogP contribution is 2.18. The average Bonchev–Trinajstić information content (AvgIpc) is 2.14. The van der Waals surface area contributed by atoms with Gasteiger partial charge in [0.05, 0.1) is 11.1 Å². The molecular weight excluding hydrogens is 192 g/mol. The second-order valence-corrected chi connectivity index (χ2v) is 3.48. The highest BCUT2D eigenvalue weighted by molar-refractivity contribution is 5.79. The molecule has 78 valence electrons. The van der Waals surface area contributed by atoms with Crippen molar-refractivity contribution in [2.75, 3.05) is 0 Å². The van der Waals surface area contributed by atoms with Crippen LogP contribution in [-0.4, -0.2) is 9.97 Å². The van der Waals surface area contributed by atoms with E-state index in [0.717, 1.165) is 23.1 Å². The normalized spacial score (nSPS) is 10.9. The molecule has 0 fully saturated rings. The standard InChI is InChI=1S/C11H12N2O2/c1-4-8-5-9(14)15-11-10(8)6(2)12-7(3)13-11/h5H,4H2,1-3H3. The summed E-state index contributed by atoms with van der Waals surface area (Å²) in [4.78, 5) is 19.7. The molecule has 4 heteroatoms. The SMILES string of the molecule is CCc1cc(=O)oc2nc(C)nc(C)c12. The zero-order valence-corrected chi connectivity index (χ0v) is 9.00. The van der Waals surface area contributed by atoms with E-state index >= 15 is 0 Å². The Morgan fingerprint density at radius 2 is 2.07 bits per heavy atom. The molecule has 15 heavy (non-hydrogen) atoms. The van der Waals surface area contributed by atoms with Gasteiger partial charge in [-0.25, -0.2) is 9.78 Å². The van der Waals surface area contributed by atoms with Gasteiger partial charge in [0.1, 0.15) is 5.82 Å². The Morgan fingerprint density at radius 1 is 1.33 bits per heavy atom. The molecule has 2 aromatic rings. The molecule has 0 saturated carbocycles. The van der Waals surface area contributed by atoms with E-state index in [0.29, 0.717) is 11.5 Å². The first kappa shape index (κ1) is 9.83. The summed E-state index contributed by atoms with van der Waals surface area (Å²) < 4.78 is 5.06. The van der Waals surface area contributed by atoms with Crippen molar-refractivity contribution in [3.8, 4) is 0 Å². The first-order valence-corrected chi connectivity index (χ1v) is 4.89. The fraction of sp³-hybridized carbons (Fsp3) is 0.364. The summed E-state index contributed by atoms with van der Waals surface area (Å²) in [5, 5.41) is 0.864. The highest BCUT2D eigenvalue weighted by Gasteiger charge is 2.09. The van der Waals surface area contributed by atoms with Crippen molar-refractivity contribution in [1.29, 1.82) is 0 Å². The van der Waals surface area contributed by atoms with E-state index in [9.17, 15) is 4.79 Å². The monoisotopic (exact) mass is 204 g/mol. The summed E-state index contributed by atoms with van der Waals surface area (Å²) in [5.74, 6) is 0.622. The molecule has 0 N–H and O–H groups in total. The van der Waals surface area contributed by atoms with Gasteiger partial charge in [-0.2, -0.15) is 4.98 Å². The number of aromatic nitrogens is 2. The average molecular weight is 204 g/mol. The molecule has 0 aliphatic heterocycles. The van der Waals surface area contributed by atoms with Crippen LogP contribution in [0.5, 0.6) is 0 Å². The van der Waals surface area contributed by atoms with Crippen LogP contribution in [0.25, 0.3) is 11.1 Å². The Morgan fingerprint density at radius 3 is 2.73 bits per heavy atom. The second-order valence-electron chi connectivity index (χ2n) is 3.48. The molecule has 0 aliphatic rings. The third-order valence-electron chi connectivity index (χ3n) is 2.36. The van der Waals surface area contributed by atoms with Gasteiger partial charge in [0, 0.05) is 6.07 Å². The van der Waals surface area contributed by atoms with Crippen molar-refractivity contribution in [2.45, 2.75) is 27.2 Å². The van der Waals surface area contributed by atoms with E-state index in [2.05, 4.69) is 9.97 Å². The van der Waals surface area contributed by atoms with E-state index in [1.165, 1.54) is 6.07 Å². The summed E-state index contributed by atoms with van der Waals surface area (Å²) >= 11 is 0. The molecular formula is C11H12N2O2. The molecule has 0 aromatic carbocycles. The topological polar surface area (TPSA) is 56.0 Å². The fourth-order valence-electron chi connectivity index (χ4n) is 1.74. The molecule has 2 rings (SSSR count). The Labute approximate surface area is 87.0 Å². The second kappa shape index (κ2) is 3.46. The number of rotatable bonds is 1. The van der Waals surface area contributed by atoms with Gasteiger partial charge < -0.3 is 4.42 Å². The molecule has 0 radical (unpaired) electrons. The smallest absolute Gasteiger partial charge is 0.337 e. The minimum Gasteiger partial charge on any atom is -0.403 e. The molecule has 0 bridgehead atoms. The predicted molar refractivity (Wildman–Crippen MR) is 56.9 cm³/mol. The van der Waals surface area contributed by atoms with Crippen LogP contribution in [0.2, 0.25) is 0 Å². The number of fused-ring (bicyclic) bond motifs is 1. The molecule has 4 nitrogen and oxygen atoms in total. The van der Waals surface area contributed by atoms with Gasteiger partial charge in [0.2, 0.25) is 5.71 Å². The van der Waals surface area contributed by atoms with Crippen LogP contribution in [0, 0.1) is 13.8 Å². The van der Waals surface area contributed by atoms with Crippen molar-refractivity contribution in [3.63, 3.8) is 0 Å². The van der Waals surface area contributed by atoms with Crippen molar-refractivity contribution >= 4 is 11.1 Å². The molecule has 0 saturated heterocycles. The van der Waals surface area contributed by atoms with Crippen LogP contribution >= 0.6 is 0 Å². The summed E-state index contributed by atoms with van der Waals surface area (Å²) in [6.45, 7) is 5.68.